The van der Waals surface area contributed by atoms with Crippen LogP contribution < -0.4 is 0 Å². The molecule has 0 amide bonds. The number of hydrogen-bond acceptors (Lipinski definition) is 2. The van der Waals surface area contributed by atoms with Gasteiger partial charge in [0.1, 0.15) is 0 Å². The van der Waals surface area contributed by atoms with E-state index in [0.29, 0.717) is 0 Å². The molecule has 2 fully saturated rings. The quantitative estimate of drug-likeness (QED) is 0.650. The molecular formula is C18H30N2. The number of hydrogen-bond donors (Lipinski definition) is 0. The molecule has 0 aromatic carbocycles. The van der Waals surface area contributed by atoms with Crippen LogP contribution in [0.25, 0.3) is 0 Å². The van der Waals surface area contributed by atoms with Crippen molar-refractivity contribution in [1.29, 1.82) is 0 Å². The minimum Gasteiger partial charge on any atom is -0.375 e. The van der Waals surface area contributed by atoms with Gasteiger partial charge in [0.25, 0.3) is 0 Å². The topological polar surface area (TPSA) is 6.48 Å². The Labute approximate surface area is 124 Å². The van der Waals surface area contributed by atoms with E-state index in [0.717, 1.165) is 12.1 Å². The molecule has 0 aromatic rings. The number of allylic oxidation sites excluding steroid dienone is 2. The average Bonchev–Trinajstić information content (AvgIpc) is 2.56. The van der Waals surface area contributed by atoms with Crippen molar-refractivity contribution >= 4 is 0 Å². The van der Waals surface area contributed by atoms with Gasteiger partial charge in [-0.1, -0.05) is 12.2 Å². The van der Waals surface area contributed by atoms with Gasteiger partial charge >= 0.3 is 0 Å². The molecule has 4 heterocycles. The predicted molar refractivity (Wildman–Crippen MR) is 85.4 cm³/mol. The molecule has 0 aromatic heterocycles. The third-order valence-electron chi connectivity index (χ3n) is 5.27. The van der Waals surface area contributed by atoms with Crippen LogP contribution in [0.15, 0.2) is 24.6 Å². The van der Waals surface area contributed by atoms with E-state index >= 15 is 0 Å². The molecule has 0 bridgehead atoms. The Morgan fingerprint density at radius 1 is 0.600 bits per heavy atom. The average molecular weight is 274 g/mol. The highest BCUT2D eigenvalue weighted by molar-refractivity contribution is 4.95. The first-order chi connectivity index (χ1) is 9.93. The second-order valence-electron chi connectivity index (χ2n) is 6.70. The first-order valence-corrected chi connectivity index (χ1v) is 8.78. The van der Waals surface area contributed by atoms with Crippen molar-refractivity contribution in [1.82, 2.24) is 9.80 Å². The van der Waals surface area contributed by atoms with Gasteiger partial charge in [0.15, 0.2) is 0 Å². The first-order valence-electron chi connectivity index (χ1n) is 8.78. The highest BCUT2D eigenvalue weighted by Gasteiger charge is 2.21. The Morgan fingerprint density at radius 2 is 1.10 bits per heavy atom. The molecule has 4 aliphatic rings. The molecule has 0 spiro atoms. The molecule has 4 rings (SSSR count). The van der Waals surface area contributed by atoms with Gasteiger partial charge < -0.3 is 9.80 Å². The smallest absolute Gasteiger partial charge is 0.0287 e. The van der Waals surface area contributed by atoms with Crippen LogP contribution in [0.2, 0.25) is 0 Å². The van der Waals surface area contributed by atoms with E-state index in [9.17, 15) is 0 Å². The van der Waals surface area contributed by atoms with Crippen molar-refractivity contribution < 1.29 is 0 Å². The molecule has 4 aliphatic heterocycles. The maximum atomic E-state index is 2.52. The molecule has 2 nitrogen and oxygen atoms in total. The van der Waals surface area contributed by atoms with Crippen molar-refractivity contribution in [2.75, 3.05) is 13.1 Å². The van der Waals surface area contributed by atoms with Gasteiger partial charge in [0.05, 0.1) is 0 Å². The number of fused-ring (bicyclic) bond motifs is 2. The third-order valence-corrected chi connectivity index (χ3v) is 5.27. The Balaban J connectivity index is 0.000000121. The third kappa shape index (κ3) is 3.59. The zero-order valence-electron chi connectivity index (χ0n) is 12.8. The normalized spacial score (nSPS) is 32.0. The summed E-state index contributed by atoms with van der Waals surface area (Å²) in [6, 6.07) is 1.80. The van der Waals surface area contributed by atoms with Crippen molar-refractivity contribution in [2.45, 2.75) is 76.3 Å². The summed E-state index contributed by atoms with van der Waals surface area (Å²) in [4.78, 5) is 5.04. The molecule has 0 aliphatic carbocycles. The van der Waals surface area contributed by atoms with Crippen LogP contribution in [-0.4, -0.2) is 35.0 Å². The summed E-state index contributed by atoms with van der Waals surface area (Å²) < 4.78 is 0. The fraction of sp³-hybridized carbons (Fsp3) is 0.778. The summed E-state index contributed by atoms with van der Waals surface area (Å²) in [7, 11) is 0. The summed E-state index contributed by atoms with van der Waals surface area (Å²) in [5, 5.41) is 0. The van der Waals surface area contributed by atoms with Gasteiger partial charge in [-0.05, 0) is 76.6 Å². The second-order valence-corrected chi connectivity index (χ2v) is 6.70. The number of rotatable bonds is 0. The van der Waals surface area contributed by atoms with Crippen LogP contribution in [0.5, 0.6) is 0 Å². The van der Waals surface area contributed by atoms with E-state index in [1.165, 1.54) is 77.3 Å². The van der Waals surface area contributed by atoms with Crippen LogP contribution in [0, 0.1) is 0 Å². The van der Waals surface area contributed by atoms with Crippen LogP contribution in [0.1, 0.15) is 64.2 Å². The zero-order valence-corrected chi connectivity index (χ0v) is 12.8. The SMILES string of the molecule is C1=CN2CCCCC2CC1.C1=CN2CCCCC2CC1. The lowest BCUT2D eigenvalue weighted by Crippen LogP contribution is -2.36. The van der Waals surface area contributed by atoms with Crippen molar-refractivity contribution in [3.63, 3.8) is 0 Å². The van der Waals surface area contributed by atoms with E-state index in [4.69, 9.17) is 0 Å². The standard InChI is InChI=1S/2C9H15N/c2*1-3-7-10-8-4-2-6-9(10)5-1/h2*3,7,9H,1-2,4-6,8H2. The van der Waals surface area contributed by atoms with Gasteiger partial charge in [-0.3, -0.25) is 0 Å². The molecular weight excluding hydrogens is 244 g/mol. The molecule has 2 atom stereocenters. The van der Waals surface area contributed by atoms with Gasteiger partial charge in [-0.25, -0.2) is 0 Å². The van der Waals surface area contributed by atoms with E-state index in [1.807, 2.05) is 0 Å². The molecule has 2 saturated heterocycles. The molecule has 2 unspecified atom stereocenters. The Kier molecular flexibility index (Phi) is 5.05. The summed E-state index contributed by atoms with van der Waals surface area (Å²) in [6.45, 7) is 2.61. The maximum Gasteiger partial charge on any atom is 0.0287 e. The minimum absolute atomic E-state index is 0.902. The van der Waals surface area contributed by atoms with Gasteiger partial charge in [0.2, 0.25) is 0 Å². The van der Waals surface area contributed by atoms with Crippen LogP contribution in [0.3, 0.4) is 0 Å². The highest BCUT2D eigenvalue weighted by Crippen LogP contribution is 2.25. The van der Waals surface area contributed by atoms with Gasteiger partial charge in [-0.2, -0.15) is 0 Å². The lowest BCUT2D eigenvalue weighted by molar-refractivity contribution is 0.193. The summed E-state index contributed by atoms with van der Waals surface area (Å²) >= 11 is 0. The van der Waals surface area contributed by atoms with E-state index < -0.39 is 0 Å². The second kappa shape index (κ2) is 7.19. The van der Waals surface area contributed by atoms with E-state index in [1.54, 1.807) is 0 Å². The Bertz CT molecular complexity index is 313. The number of piperidine rings is 2. The predicted octanol–water partition coefficient (Wildman–Crippen LogP) is 4.30. The summed E-state index contributed by atoms with van der Waals surface area (Å²) in [5.41, 5.74) is 0. The molecule has 0 N–H and O–H groups in total. The Morgan fingerprint density at radius 3 is 1.55 bits per heavy atom. The molecule has 112 valence electrons. The highest BCUT2D eigenvalue weighted by atomic mass is 15.2. The molecule has 20 heavy (non-hydrogen) atoms. The fourth-order valence-corrected chi connectivity index (χ4v) is 4.06. The molecule has 2 heteroatoms. The monoisotopic (exact) mass is 274 g/mol. The van der Waals surface area contributed by atoms with E-state index in [-0.39, 0.29) is 0 Å². The van der Waals surface area contributed by atoms with E-state index in [2.05, 4.69) is 34.4 Å². The van der Waals surface area contributed by atoms with Gasteiger partial charge in [-0.15, -0.1) is 0 Å². The van der Waals surface area contributed by atoms with Crippen LogP contribution >= 0.6 is 0 Å². The lowest BCUT2D eigenvalue weighted by atomic mass is 9.96. The molecule has 0 saturated carbocycles. The van der Waals surface area contributed by atoms with Crippen molar-refractivity contribution in [2.24, 2.45) is 0 Å². The Hall–Kier alpha value is -0.920. The van der Waals surface area contributed by atoms with Crippen molar-refractivity contribution in [3.8, 4) is 0 Å². The molecule has 0 radical (unpaired) electrons. The lowest BCUT2D eigenvalue weighted by Gasteiger charge is -2.37. The number of nitrogens with zero attached hydrogens (tertiary/aromatic N) is 2. The maximum absolute atomic E-state index is 2.52. The summed E-state index contributed by atoms with van der Waals surface area (Å²) in [5.74, 6) is 0. The zero-order chi connectivity index (χ0) is 13.6. The minimum atomic E-state index is 0.902. The fourth-order valence-electron chi connectivity index (χ4n) is 4.06. The summed E-state index contributed by atoms with van der Waals surface area (Å²) in [6.07, 6.45) is 23.2. The van der Waals surface area contributed by atoms with Crippen molar-refractivity contribution in [3.05, 3.63) is 24.6 Å². The largest absolute Gasteiger partial charge is 0.375 e. The van der Waals surface area contributed by atoms with Gasteiger partial charge in [0, 0.05) is 25.2 Å². The van der Waals surface area contributed by atoms with Crippen LogP contribution in [0.4, 0.5) is 0 Å². The first kappa shape index (κ1) is 14.0. The van der Waals surface area contributed by atoms with Crippen LogP contribution in [-0.2, 0) is 0 Å².